The van der Waals surface area contributed by atoms with E-state index in [0.717, 1.165) is 0 Å². The molecule has 0 aliphatic carbocycles. The van der Waals surface area contributed by atoms with Crippen molar-refractivity contribution in [2.75, 3.05) is 6.54 Å². The van der Waals surface area contributed by atoms with Crippen LogP contribution in [0.4, 0.5) is 4.79 Å². The molecular weight excluding hydrogens is 166 g/mol. The van der Waals surface area contributed by atoms with Crippen LogP contribution in [0.2, 0.25) is 0 Å². The molecule has 13 heavy (non-hydrogen) atoms. The van der Waals surface area contributed by atoms with Crippen LogP contribution >= 0.6 is 0 Å². The number of hydrogen-bond acceptors (Lipinski definition) is 2. The van der Waals surface area contributed by atoms with Crippen LogP contribution in [0, 0.1) is 12.3 Å². The molecule has 0 fully saturated rings. The molecule has 2 amide bonds. The standard InChI is InChI=1S/C9H9N3O/c1-2-6-10-9(13)12-8-5-3-4-7-11-12/h1,3-5,7-8H,6H2,(H,10,13). The fourth-order valence-corrected chi connectivity index (χ4v) is 0.722. The monoisotopic (exact) mass is 175 g/mol. The van der Waals surface area contributed by atoms with Crippen LogP contribution in [0.5, 0.6) is 0 Å². The minimum atomic E-state index is -0.339. The van der Waals surface area contributed by atoms with Crippen molar-refractivity contribution in [2.24, 2.45) is 5.10 Å². The number of urea groups is 1. The van der Waals surface area contributed by atoms with Crippen LogP contribution in [-0.2, 0) is 0 Å². The third kappa shape index (κ3) is 2.83. The summed E-state index contributed by atoms with van der Waals surface area (Å²) in [7, 11) is 0. The van der Waals surface area contributed by atoms with Crippen LogP contribution in [0.1, 0.15) is 0 Å². The predicted octanol–water partition coefficient (Wildman–Crippen LogP) is 0.701. The average Bonchev–Trinajstić information content (AvgIpc) is 2.42. The summed E-state index contributed by atoms with van der Waals surface area (Å²) in [6, 6.07) is -0.339. The maximum atomic E-state index is 11.2. The molecule has 66 valence electrons. The highest BCUT2D eigenvalue weighted by Crippen LogP contribution is 1.95. The Hall–Kier alpha value is -2.02. The van der Waals surface area contributed by atoms with E-state index in [9.17, 15) is 4.79 Å². The molecule has 0 unspecified atom stereocenters. The zero-order valence-electron chi connectivity index (χ0n) is 6.97. The number of carbonyl (C=O) groups is 1. The molecule has 4 heteroatoms. The van der Waals surface area contributed by atoms with Crippen molar-refractivity contribution in [1.82, 2.24) is 10.3 Å². The molecule has 0 saturated heterocycles. The summed E-state index contributed by atoms with van der Waals surface area (Å²) in [4.78, 5) is 11.2. The van der Waals surface area contributed by atoms with E-state index in [1.165, 1.54) is 11.2 Å². The number of amides is 2. The van der Waals surface area contributed by atoms with Crippen molar-refractivity contribution in [1.29, 1.82) is 0 Å². The maximum absolute atomic E-state index is 11.2. The molecule has 1 aliphatic rings. The van der Waals surface area contributed by atoms with Gasteiger partial charge in [0.05, 0.1) is 6.54 Å². The van der Waals surface area contributed by atoms with Gasteiger partial charge in [0.1, 0.15) is 0 Å². The highest BCUT2D eigenvalue weighted by molar-refractivity contribution is 5.79. The van der Waals surface area contributed by atoms with E-state index in [1.54, 1.807) is 24.4 Å². The summed E-state index contributed by atoms with van der Waals surface area (Å²) in [6.07, 6.45) is 13.3. The van der Waals surface area contributed by atoms with E-state index in [4.69, 9.17) is 6.42 Å². The van der Waals surface area contributed by atoms with Crippen molar-refractivity contribution in [3.05, 3.63) is 24.4 Å². The second kappa shape index (κ2) is 4.78. The lowest BCUT2D eigenvalue weighted by Crippen LogP contribution is -2.33. The van der Waals surface area contributed by atoms with Crippen molar-refractivity contribution >= 4 is 12.2 Å². The molecule has 1 aliphatic heterocycles. The van der Waals surface area contributed by atoms with Crippen LogP contribution in [0.25, 0.3) is 0 Å². The van der Waals surface area contributed by atoms with Gasteiger partial charge >= 0.3 is 6.03 Å². The first-order valence-electron chi connectivity index (χ1n) is 3.72. The Morgan fingerprint density at radius 3 is 3.15 bits per heavy atom. The second-order valence-corrected chi connectivity index (χ2v) is 2.20. The molecular formula is C9H9N3O. The zero-order chi connectivity index (χ0) is 9.52. The van der Waals surface area contributed by atoms with Gasteiger partial charge in [-0.05, 0) is 12.2 Å². The van der Waals surface area contributed by atoms with Gasteiger partial charge in [0.15, 0.2) is 0 Å². The van der Waals surface area contributed by atoms with Crippen molar-refractivity contribution in [3.63, 3.8) is 0 Å². The number of carbonyl (C=O) groups excluding carboxylic acids is 1. The number of hydrogen-bond donors (Lipinski definition) is 1. The highest BCUT2D eigenvalue weighted by Gasteiger charge is 2.06. The van der Waals surface area contributed by atoms with Gasteiger partial charge in [-0.3, -0.25) is 0 Å². The van der Waals surface area contributed by atoms with E-state index < -0.39 is 0 Å². The van der Waals surface area contributed by atoms with Gasteiger partial charge in [0.2, 0.25) is 0 Å². The molecule has 0 aromatic rings. The summed E-state index contributed by atoms with van der Waals surface area (Å²) in [5.74, 6) is 2.30. The molecule has 0 aromatic heterocycles. The lowest BCUT2D eigenvalue weighted by molar-refractivity contribution is 0.218. The van der Waals surface area contributed by atoms with Crippen molar-refractivity contribution < 1.29 is 4.79 Å². The molecule has 1 rings (SSSR count). The first kappa shape index (κ1) is 9.07. The van der Waals surface area contributed by atoms with E-state index >= 15 is 0 Å². The molecule has 1 heterocycles. The number of terminal acetylenes is 1. The average molecular weight is 175 g/mol. The third-order valence-electron chi connectivity index (χ3n) is 1.28. The number of rotatable bonds is 1. The van der Waals surface area contributed by atoms with Gasteiger partial charge in [-0.25, -0.2) is 4.79 Å². The van der Waals surface area contributed by atoms with Gasteiger partial charge in [0, 0.05) is 12.4 Å². The Balaban J connectivity index is 2.52. The summed E-state index contributed by atoms with van der Waals surface area (Å²) in [5, 5.41) is 7.50. The smallest absolute Gasteiger partial charge is 0.325 e. The number of allylic oxidation sites excluding steroid dienone is 3. The minimum absolute atomic E-state index is 0.201. The van der Waals surface area contributed by atoms with E-state index in [2.05, 4.69) is 16.3 Å². The fourth-order valence-electron chi connectivity index (χ4n) is 0.722. The van der Waals surface area contributed by atoms with Gasteiger partial charge in [0.25, 0.3) is 0 Å². The predicted molar refractivity (Wildman–Crippen MR) is 50.8 cm³/mol. The van der Waals surface area contributed by atoms with Gasteiger partial charge in [-0.1, -0.05) is 12.0 Å². The van der Waals surface area contributed by atoms with Gasteiger partial charge in [-0.15, -0.1) is 6.42 Å². The molecule has 4 nitrogen and oxygen atoms in total. The van der Waals surface area contributed by atoms with Crippen molar-refractivity contribution in [2.45, 2.75) is 0 Å². The van der Waals surface area contributed by atoms with Crippen LogP contribution in [-0.4, -0.2) is 23.8 Å². The highest BCUT2D eigenvalue weighted by atomic mass is 16.2. The fraction of sp³-hybridized carbons (Fsp3) is 0.111. The molecule has 0 saturated carbocycles. The normalized spacial score (nSPS) is 13.6. The molecule has 0 aromatic carbocycles. The largest absolute Gasteiger partial charge is 0.342 e. The molecule has 1 N–H and O–H groups in total. The lowest BCUT2D eigenvalue weighted by Gasteiger charge is -2.10. The Morgan fingerprint density at radius 1 is 1.54 bits per heavy atom. The molecule has 0 spiro atoms. The Morgan fingerprint density at radius 2 is 2.38 bits per heavy atom. The topological polar surface area (TPSA) is 44.7 Å². The first-order valence-corrected chi connectivity index (χ1v) is 3.72. The van der Waals surface area contributed by atoms with Gasteiger partial charge < -0.3 is 5.32 Å². The number of hydrazone groups is 1. The maximum Gasteiger partial charge on any atom is 0.342 e. The van der Waals surface area contributed by atoms with Crippen LogP contribution < -0.4 is 5.32 Å². The van der Waals surface area contributed by atoms with Crippen LogP contribution in [0.15, 0.2) is 29.5 Å². The Labute approximate surface area is 76.6 Å². The van der Waals surface area contributed by atoms with Crippen LogP contribution in [0.3, 0.4) is 0 Å². The summed E-state index contributed by atoms with van der Waals surface area (Å²) in [6.45, 7) is 0.201. The van der Waals surface area contributed by atoms with Crippen molar-refractivity contribution in [3.8, 4) is 12.3 Å². The number of nitrogens with zero attached hydrogens (tertiary/aromatic N) is 2. The van der Waals surface area contributed by atoms with Gasteiger partial charge in [-0.2, -0.15) is 10.1 Å². The van der Waals surface area contributed by atoms with E-state index in [0.29, 0.717) is 0 Å². The number of nitrogens with one attached hydrogen (secondary N) is 1. The minimum Gasteiger partial charge on any atom is -0.325 e. The summed E-state index contributed by atoms with van der Waals surface area (Å²) >= 11 is 0. The quantitative estimate of drug-likeness (QED) is 0.586. The lowest BCUT2D eigenvalue weighted by atomic mass is 10.5. The molecule has 0 atom stereocenters. The Kier molecular flexibility index (Phi) is 3.33. The summed E-state index contributed by atoms with van der Waals surface area (Å²) in [5.41, 5.74) is 0. The summed E-state index contributed by atoms with van der Waals surface area (Å²) < 4.78 is 0. The second-order valence-electron chi connectivity index (χ2n) is 2.20. The zero-order valence-corrected chi connectivity index (χ0v) is 6.97. The third-order valence-corrected chi connectivity index (χ3v) is 1.28. The SMILES string of the molecule is C#CCNC(=O)N1C=CC=CC=N1. The van der Waals surface area contributed by atoms with E-state index in [-0.39, 0.29) is 12.6 Å². The molecule has 0 bridgehead atoms. The Bertz CT molecular complexity index is 293. The van der Waals surface area contributed by atoms with E-state index in [1.807, 2.05) is 0 Å². The first-order chi connectivity index (χ1) is 6.34. The molecule has 0 radical (unpaired) electrons.